The molecule has 0 saturated carbocycles. The third-order valence-electron chi connectivity index (χ3n) is 1.47. The highest BCUT2D eigenvalue weighted by atomic mass is 14.6. The van der Waals surface area contributed by atoms with Crippen molar-refractivity contribution in [1.29, 1.82) is 0 Å². The van der Waals surface area contributed by atoms with Crippen LogP contribution in [-0.2, 0) is 0 Å². The van der Waals surface area contributed by atoms with Crippen LogP contribution in [0.5, 0.6) is 0 Å². The van der Waals surface area contributed by atoms with Crippen LogP contribution in [0.2, 0.25) is 0 Å². The zero-order valence-electron chi connectivity index (χ0n) is 9.67. The van der Waals surface area contributed by atoms with E-state index in [-0.39, 0.29) is 0 Å². The topological polar surface area (TPSA) is 52.0 Å². The van der Waals surface area contributed by atoms with Gasteiger partial charge in [-0.25, -0.2) is 0 Å². The molecule has 0 spiro atoms. The molecule has 0 aliphatic heterocycles. The molecular formula is C12H22N2. The van der Waals surface area contributed by atoms with E-state index in [1.54, 1.807) is 6.08 Å². The highest BCUT2D eigenvalue weighted by Crippen LogP contribution is 2.13. The number of allylic oxidation sites excluding steroid dienone is 6. The fourth-order valence-corrected chi connectivity index (χ4v) is 0.890. The average molecular weight is 194 g/mol. The molecule has 0 heterocycles. The SMILES string of the molecule is C=CC(=C/N)/C(/C=C\C)=C(/C)N.CC. The number of rotatable bonds is 3. The van der Waals surface area contributed by atoms with Gasteiger partial charge in [0.2, 0.25) is 0 Å². The van der Waals surface area contributed by atoms with Crippen LogP contribution in [-0.4, -0.2) is 0 Å². The van der Waals surface area contributed by atoms with Gasteiger partial charge in [0.25, 0.3) is 0 Å². The van der Waals surface area contributed by atoms with Crippen LogP contribution in [0.15, 0.2) is 47.9 Å². The minimum absolute atomic E-state index is 0.740. The molecule has 2 heteroatoms. The van der Waals surface area contributed by atoms with E-state index < -0.39 is 0 Å². The van der Waals surface area contributed by atoms with E-state index in [9.17, 15) is 0 Å². The minimum Gasteiger partial charge on any atom is -0.404 e. The third kappa shape index (κ3) is 5.25. The molecule has 0 aromatic rings. The third-order valence-corrected chi connectivity index (χ3v) is 1.47. The number of hydrogen-bond donors (Lipinski definition) is 2. The van der Waals surface area contributed by atoms with E-state index in [1.807, 2.05) is 39.8 Å². The first-order chi connectivity index (χ1) is 6.67. The molecule has 80 valence electrons. The summed E-state index contributed by atoms with van der Waals surface area (Å²) in [6, 6.07) is 0. The molecular weight excluding hydrogens is 172 g/mol. The molecule has 0 aliphatic carbocycles. The lowest BCUT2D eigenvalue weighted by molar-refractivity contribution is 1.25. The van der Waals surface area contributed by atoms with Crippen LogP contribution in [0.1, 0.15) is 27.7 Å². The van der Waals surface area contributed by atoms with Gasteiger partial charge in [0.1, 0.15) is 0 Å². The fourth-order valence-electron chi connectivity index (χ4n) is 0.890. The van der Waals surface area contributed by atoms with E-state index in [4.69, 9.17) is 11.5 Å². The van der Waals surface area contributed by atoms with Crippen LogP contribution in [0.4, 0.5) is 0 Å². The second kappa shape index (κ2) is 9.65. The molecule has 0 amide bonds. The molecule has 0 aromatic heterocycles. The van der Waals surface area contributed by atoms with Gasteiger partial charge in [0.15, 0.2) is 0 Å². The lowest BCUT2D eigenvalue weighted by Crippen LogP contribution is -1.99. The highest BCUT2D eigenvalue weighted by Gasteiger charge is 1.98. The zero-order valence-corrected chi connectivity index (χ0v) is 9.67. The second-order valence-electron chi connectivity index (χ2n) is 2.42. The molecule has 2 nitrogen and oxygen atoms in total. The van der Waals surface area contributed by atoms with Crippen LogP contribution in [0, 0.1) is 0 Å². The molecule has 0 rings (SSSR count). The van der Waals surface area contributed by atoms with Crippen LogP contribution in [0.3, 0.4) is 0 Å². The lowest BCUT2D eigenvalue weighted by atomic mass is 10.1. The Morgan fingerprint density at radius 2 is 1.79 bits per heavy atom. The Morgan fingerprint density at radius 3 is 2.00 bits per heavy atom. The Balaban J connectivity index is 0. The first-order valence-corrected chi connectivity index (χ1v) is 4.81. The zero-order chi connectivity index (χ0) is 11.6. The van der Waals surface area contributed by atoms with Gasteiger partial charge in [-0.2, -0.15) is 0 Å². The van der Waals surface area contributed by atoms with Gasteiger partial charge in [-0.05, 0) is 19.4 Å². The molecule has 0 fully saturated rings. The van der Waals surface area contributed by atoms with E-state index in [0.717, 1.165) is 16.8 Å². The molecule has 0 atom stereocenters. The molecule has 0 unspecified atom stereocenters. The summed E-state index contributed by atoms with van der Waals surface area (Å²) in [6.07, 6.45) is 7.01. The van der Waals surface area contributed by atoms with Gasteiger partial charge < -0.3 is 11.5 Å². The quantitative estimate of drug-likeness (QED) is 0.679. The Hall–Kier alpha value is -1.44. The summed E-state index contributed by atoms with van der Waals surface area (Å²) in [4.78, 5) is 0. The van der Waals surface area contributed by atoms with Crippen molar-refractivity contribution >= 4 is 0 Å². The summed E-state index contributed by atoms with van der Waals surface area (Å²) < 4.78 is 0. The Labute approximate surface area is 87.7 Å². The van der Waals surface area contributed by atoms with Crippen LogP contribution < -0.4 is 11.5 Å². The van der Waals surface area contributed by atoms with E-state index in [0.29, 0.717) is 0 Å². The van der Waals surface area contributed by atoms with Crippen molar-refractivity contribution in [3.63, 3.8) is 0 Å². The first-order valence-electron chi connectivity index (χ1n) is 4.81. The van der Waals surface area contributed by atoms with Crippen molar-refractivity contribution in [2.75, 3.05) is 0 Å². The van der Waals surface area contributed by atoms with Crippen molar-refractivity contribution in [1.82, 2.24) is 0 Å². The summed E-state index contributed by atoms with van der Waals surface area (Å²) in [5.74, 6) is 0. The summed E-state index contributed by atoms with van der Waals surface area (Å²) in [5, 5.41) is 0. The van der Waals surface area contributed by atoms with E-state index in [2.05, 4.69) is 6.58 Å². The summed E-state index contributed by atoms with van der Waals surface area (Å²) >= 11 is 0. The van der Waals surface area contributed by atoms with E-state index >= 15 is 0 Å². The van der Waals surface area contributed by atoms with Crippen molar-refractivity contribution in [2.45, 2.75) is 27.7 Å². The van der Waals surface area contributed by atoms with Crippen molar-refractivity contribution in [3.8, 4) is 0 Å². The minimum atomic E-state index is 0.740. The monoisotopic (exact) mass is 194 g/mol. The predicted molar refractivity (Wildman–Crippen MR) is 65.5 cm³/mol. The van der Waals surface area contributed by atoms with Crippen LogP contribution in [0.25, 0.3) is 0 Å². The summed E-state index contributed by atoms with van der Waals surface area (Å²) in [7, 11) is 0. The number of hydrogen-bond acceptors (Lipinski definition) is 2. The maximum Gasteiger partial charge on any atom is 0.0129 e. The Bertz CT molecular complexity index is 241. The summed E-state index contributed by atoms with van der Waals surface area (Å²) in [6.45, 7) is 11.4. The first kappa shape index (κ1) is 15.1. The van der Waals surface area contributed by atoms with Crippen LogP contribution >= 0.6 is 0 Å². The maximum absolute atomic E-state index is 5.66. The average Bonchev–Trinajstić information content (AvgIpc) is 2.21. The molecule has 0 radical (unpaired) electrons. The van der Waals surface area contributed by atoms with Gasteiger partial charge in [-0.1, -0.05) is 38.7 Å². The van der Waals surface area contributed by atoms with Crippen molar-refractivity contribution < 1.29 is 0 Å². The van der Waals surface area contributed by atoms with Crippen molar-refractivity contribution in [2.24, 2.45) is 11.5 Å². The van der Waals surface area contributed by atoms with Gasteiger partial charge in [0.05, 0.1) is 0 Å². The Kier molecular flexibility index (Phi) is 10.4. The largest absolute Gasteiger partial charge is 0.404 e. The summed E-state index contributed by atoms with van der Waals surface area (Å²) in [5.41, 5.74) is 13.6. The molecule has 0 bridgehead atoms. The predicted octanol–water partition coefficient (Wildman–Crippen LogP) is 2.85. The van der Waals surface area contributed by atoms with Gasteiger partial charge >= 0.3 is 0 Å². The fraction of sp³-hybridized carbons (Fsp3) is 0.333. The normalized spacial score (nSPS) is 13.0. The van der Waals surface area contributed by atoms with Crippen molar-refractivity contribution in [3.05, 3.63) is 47.9 Å². The molecule has 4 N–H and O–H groups in total. The lowest BCUT2D eigenvalue weighted by Gasteiger charge is -2.04. The standard InChI is InChI=1S/C10H16N2.C2H6/c1-4-6-10(8(3)12)9(5-2)7-11;1-2/h4-7H,2,11-12H2,1,3H3;1-2H3/b6-4-,9-7-,10-8-;. The van der Waals surface area contributed by atoms with E-state index in [1.165, 1.54) is 6.20 Å². The van der Waals surface area contributed by atoms with Gasteiger partial charge in [-0.15, -0.1) is 0 Å². The molecule has 14 heavy (non-hydrogen) atoms. The molecule has 0 saturated heterocycles. The smallest absolute Gasteiger partial charge is 0.0129 e. The molecule has 0 aromatic carbocycles. The highest BCUT2D eigenvalue weighted by molar-refractivity contribution is 5.47. The maximum atomic E-state index is 5.66. The Morgan fingerprint density at radius 1 is 1.29 bits per heavy atom. The van der Waals surface area contributed by atoms with Gasteiger partial charge in [0, 0.05) is 17.5 Å². The molecule has 0 aliphatic rings. The second-order valence-corrected chi connectivity index (χ2v) is 2.42. The van der Waals surface area contributed by atoms with Gasteiger partial charge in [-0.3, -0.25) is 0 Å². The number of nitrogens with two attached hydrogens (primary N) is 2.